The zero-order valence-corrected chi connectivity index (χ0v) is 10.7. The highest BCUT2D eigenvalue weighted by atomic mass is 32.1. The molecule has 0 fully saturated rings. The molecule has 1 N–H and O–H groups in total. The van der Waals surface area contributed by atoms with Crippen LogP contribution in [-0.2, 0) is 11.4 Å². The highest BCUT2D eigenvalue weighted by molar-refractivity contribution is 7.07. The third-order valence-corrected chi connectivity index (χ3v) is 3.08. The van der Waals surface area contributed by atoms with Gasteiger partial charge in [-0.3, -0.25) is 0 Å². The molecule has 5 heteroatoms. The standard InChI is InChI=1S/C14H11FO3S/c15-12-7-10(2-4-14(16)17)1-3-13(12)18-8-11-5-6-19-9-11/h1-7,9H,8H2,(H,16,17)/b4-2+. The predicted molar refractivity (Wildman–Crippen MR) is 71.7 cm³/mol. The van der Waals surface area contributed by atoms with E-state index < -0.39 is 11.8 Å². The fraction of sp³-hybridized carbons (Fsp3) is 0.0714. The first-order chi connectivity index (χ1) is 9.15. The molecule has 0 saturated carbocycles. The molecule has 0 radical (unpaired) electrons. The summed E-state index contributed by atoms with van der Waals surface area (Å²) in [5, 5.41) is 12.3. The predicted octanol–water partition coefficient (Wildman–Crippen LogP) is 3.56. The average molecular weight is 278 g/mol. The third-order valence-electron chi connectivity index (χ3n) is 2.35. The van der Waals surface area contributed by atoms with Crippen LogP contribution in [-0.4, -0.2) is 11.1 Å². The highest BCUT2D eigenvalue weighted by Gasteiger charge is 2.04. The summed E-state index contributed by atoms with van der Waals surface area (Å²) in [5.41, 5.74) is 1.46. The summed E-state index contributed by atoms with van der Waals surface area (Å²) in [6, 6.07) is 6.24. The van der Waals surface area contributed by atoms with Gasteiger partial charge < -0.3 is 9.84 Å². The smallest absolute Gasteiger partial charge is 0.328 e. The lowest BCUT2D eigenvalue weighted by Gasteiger charge is -2.06. The average Bonchev–Trinajstić information content (AvgIpc) is 2.88. The Labute approximate surface area is 113 Å². The summed E-state index contributed by atoms with van der Waals surface area (Å²) < 4.78 is 19.1. The summed E-state index contributed by atoms with van der Waals surface area (Å²) in [4.78, 5) is 10.4. The molecule has 0 bridgehead atoms. The van der Waals surface area contributed by atoms with Crippen LogP contribution < -0.4 is 4.74 Å². The Hall–Kier alpha value is -2.14. The lowest BCUT2D eigenvalue weighted by atomic mass is 10.2. The van der Waals surface area contributed by atoms with E-state index in [0.717, 1.165) is 11.6 Å². The fourth-order valence-corrected chi connectivity index (χ4v) is 2.09. The van der Waals surface area contributed by atoms with Crippen molar-refractivity contribution in [3.05, 3.63) is 58.0 Å². The van der Waals surface area contributed by atoms with E-state index in [0.29, 0.717) is 12.2 Å². The van der Waals surface area contributed by atoms with E-state index in [4.69, 9.17) is 9.84 Å². The van der Waals surface area contributed by atoms with E-state index in [1.807, 2.05) is 16.8 Å². The third kappa shape index (κ3) is 3.93. The molecule has 2 rings (SSSR count). The van der Waals surface area contributed by atoms with Crippen LogP contribution in [0.3, 0.4) is 0 Å². The Bertz CT molecular complexity index is 591. The second-order valence-corrected chi connectivity index (χ2v) is 4.56. The monoisotopic (exact) mass is 278 g/mol. The van der Waals surface area contributed by atoms with Crippen LogP contribution in [0, 0.1) is 5.82 Å². The quantitative estimate of drug-likeness (QED) is 0.850. The van der Waals surface area contributed by atoms with Gasteiger partial charge in [0.1, 0.15) is 6.61 Å². The number of carboxylic acid groups (broad SMARTS) is 1. The van der Waals surface area contributed by atoms with Crippen LogP contribution in [0.2, 0.25) is 0 Å². The lowest BCUT2D eigenvalue weighted by Crippen LogP contribution is -1.96. The van der Waals surface area contributed by atoms with Crippen molar-refractivity contribution in [1.29, 1.82) is 0 Å². The number of thiophene rings is 1. The first-order valence-electron chi connectivity index (χ1n) is 5.49. The molecule has 1 heterocycles. The van der Waals surface area contributed by atoms with Gasteiger partial charge in [-0.15, -0.1) is 0 Å². The Balaban J connectivity index is 2.04. The van der Waals surface area contributed by atoms with Crippen LogP contribution in [0.4, 0.5) is 4.39 Å². The van der Waals surface area contributed by atoms with Crippen LogP contribution >= 0.6 is 11.3 Å². The number of carboxylic acids is 1. The Morgan fingerprint density at radius 2 is 2.26 bits per heavy atom. The van der Waals surface area contributed by atoms with Gasteiger partial charge in [-0.1, -0.05) is 6.07 Å². The normalized spacial score (nSPS) is 10.8. The van der Waals surface area contributed by atoms with Gasteiger partial charge in [0, 0.05) is 6.08 Å². The van der Waals surface area contributed by atoms with Gasteiger partial charge in [0.15, 0.2) is 11.6 Å². The van der Waals surface area contributed by atoms with Crippen molar-refractivity contribution in [2.45, 2.75) is 6.61 Å². The second kappa shape index (κ2) is 6.15. The molecule has 19 heavy (non-hydrogen) atoms. The number of carbonyl (C=O) groups is 1. The molecule has 0 aliphatic carbocycles. The van der Waals surface area contributed by atoms with Crippen molar-refractivity contribution < 1.29 is 19.0 Å². The van der Waals surface area contributed by atoms with Gasteiger partial charge in [0.05, 0.1) is 0 Å². The van der Waals surface area contributed by atoms with Crippen molar-refractivity contribution in [2.24, 2.45) is 0 Å². The molecular weight excluding hydrogens is 267 g/mol. The second-order valence-electron chi connectivity index (χ2n) is 3.78. The molecule has 1 aromatic heterocycles. The van der Waals surface area contributed by atoms with Crippen molar-refractivity contribution in [3.63, 3.8) is 0 Å². The van der Waals surface area contributed by atoms with Crippen molar-refractivity contribution in [1.82, 2.24) is 0 Å². The largest absolute Gasteiger partial charge is 0.486 e. The molecular formula is C14H11FO3S. The first-order valence-corrected chi connectivity index (χ1v) is 6.44. The van der Waals surface area contributed by atoms with Crippen LogP contribution in [0.25, 0.3) is 6.08 Å². The Morgan fingerprint density at radius 3 is 2.89 bits per heavy atom. The summed E-state index contributed by atoms with van der Waals surface area (Å²) in [5.74, 6) is -1.43. The molecule has 0 amide bonds. The van der Waals surface area contributed by atoms with E-state index in [1.165, 1.54) is 18.2 Å². The number of rotatable bonds is 5. The summed E-state index contributed by atoms with van der Waals surface area (Å²) in [7, 11) is 0. The SMILES string of the molecule is O=C(O)/C=C/c1ccc(OCc2ccsc2)c(F)c1. The van der Waals surface area contributed by atoms with E-state index in [1.54, 1.807) is 17.4 Å². The topological polar surface area (TPSA) is 46.5 Å². The lowest BCUT2D eigenvalue weighted by molar-refractivity contribution is -0.131. The van der Waals surface area contributed by atoms with Gasteiger partial charge >= 0.3 is 5.97 Å². The van der Waals surface area contributed by atoms with Gasteiger partial charge in [0.2, 0.25) is 0 Å². The number of hydrogen-bond donors (Lipinski definition) is 1. The molecule has 2 aromatic rings. The molecule has 0 spiro atoms. The van der Waals surface area contributed by atoms with E-state index in [9.17, 15) is 9.18 Å². The zero-order chi connectivity index (χ0) is 13.7. The van der Waals surface area contributed by atoms with Gasteiger partial charge in [-0.25, -0.2) is 9.18 Å². The molecule has 0 aliphatic heterocycles. The van der Waals surface area contributed by atoms with Gasteiger partial charge in [0.25, 0.3) is 0 Å². The molecule has 3 nitrogen and oxygen atoms in total. The molecule has 0 aliphatic rings. The molecule has 0 atom stereocenters. The van der Waals surface area contributed by atoms with Crippen molar-refractivity contribution in [3.8, 4) is 5.75 Å². The fourth-order valence-electron chi connectivity index (χ4n) is 1.44. The van der Waals surface area contributed by atoms with Crippen LogP contribution in [0.5, 0.6) is 5.75 Å². The highest BCUT2D eigenvalue weighted by Crippen LogP contribution is 2.20. The number of hydrogen-bond acceptors (Lipinski definition) is 3. The number of halogens is 1. The van der Waals surface area contributed by atoms with Crippen LogP contribution in [0.15, 0.2) is 41.1 Å². The summed E-state index contributed by atoms with van der Waals surface area (Å²) >= 11 is 1.55. The van der Waals surface area contributed by atoms with Crippen molar-refractivity contribution in [2.75, 3.05) is 0 Å². The van der Waals surface area contributed by atoms with E-state index in [2.05, 4.69) is 0 Å². The molecule has 0 saturated heterocycles. The number of aliphatic carboxylic acids is 1. The number of benzene rings is 1. The van der Waals surface area contributed by atoms with Crippen LogP contribution in [0.1, 0.15) is 11.1 Å². The minimum Gasteiger partial charge on any atom is -0.486 e. The van der Waals surface area contributed by atoms with E-state index in [-0.39, 0.29) is 5.75 Å². The maximum atomic E-state index is 13.7. The van der Waals surface area contributed by atoms with E-state index >= 15 is 0 Å². The minimum absolute atomic E-state index is 0.152. The molecule has 0 unspecified atom stereocenters. The summed E-state index contributed by atoms with van der Waals surface area (Å²) in [6.45, 7) is 0.310. The maximum absolute atomic E-state index is 13.7. The zero-order valence-electron chi connectivity index (χ0n) is 9.88. The minimum atomic E-state index is -1.07. The Morgan fingerprint density at radius 1 is 1.42 bits per heavy atom. The van der Waals surface area contributed by atoms with Gasteiger partial charge in [-0.05, 0) is 46.2 Å². The molecule has 1 aromatic carbocycles. The summed E-state index contributed by atoms with van der Waals surface area (Å²) in [6.07, 6.45) is 2.29. The van der Waals surface area contributed by atoms with Crippen molar-refractivity contribution >= 4 is 23.4 Å². The maximum Gasteiger partial charge on any atom is 0.328 e. The number of ether oxygens (including phenoxy) is 1. The van der Waals surface area contributed by atoms with Gasteiger partial charge in [-0.2, -0.15) is 11.3 Å². The Kier molecular flexibility index (Phi) is 4.30. The first kappa shape index (κ1) is 13.3. The molecule has 98 valence electrons.